The lowest BCUT2D eigenvalue weighted by molar-refractivity contribution is 0.318. The van der Waals surface area contributed by atoms with Gasteiger partial charge in [-0.15, -0.1) is 0 Å². The molecule has 2 atom stereocenters. The van der Waals surface area contributed by atoms with E-state index in [1.807, 2.05) is 6.07 Å². The van der Waals surface area contributed by atoms with Gasteiger partial charge in [0, 0.05) is 16.8 Å². The Hall–Kier alpha value is -0.500. The van der Waals surface area contributed by atoms with Crippen LogP contribution in [0, 0.1) is 5.92 Å². The standard InChI is InChI=1S/C13H17BrO/c1-10(8-14)6-7-11-9-15-13-5-3-2-4-12(11)13/h2-5,10-11H,6-9H2,1H3. The van der Waals surface area contributed by atoms with Gasteiger partial charge in [-0.05, 0) is 24.8 Å². The van der Waals surface area contributed by atoms with Crippen LogP contribution in [0.25, 0.3) is 0 Å². The zero-order valence-corrected chi connectivity index (χ0v) is 10.7. The summed E-state index contributed by atoms with van der Waals surface area (Å²) in [5.41, 5.74) is 1.40. The van der Waals surface area contributed by atoms with E-state index in [0.717, 1.165) is 23.6 Å². The van der Waals surface area contributed by atoms with Gasteiger partial charge in [-0.3, -0.25) is 0 Å². The molecule has 0 aromatic heterocycles. The van der Waals surface area contributed by atoms with Crippen LogP contribution in [0.15, 0.2) is 24.3 Å². The molecule has 2 rings (SSSR count). The highest BCUT2D eigenvalue weighted by atomic mass is 79.9. The van der Waals surface area contributed by atoms with Crippen LogP contribution in [0.1, 0.15) is 31.2 Å². The summed E-state index contributed by atoms with van der Waals surface area (Å²) in [7, 11) is 0. The van der Waals surface area contributed by atoms with Gasteiger partial charge in [-0.25, -0.2) is 0 Å². The molecule has 1 heterocycles. The van der Waals surface area contributed by atoms with Crippen LogP contribution in [-0.4, -0.2) is 11.9 Å². The summed E-state index contributed by atoms with van der Waals surface area (Å²) < 4.78 is 5.67. The minimum absolute atomic E-state index is 0.614. The molecule has 2 unspecified atom stereocenters. The zero-order chi connectivity index (χ0) is 10.7. The van der Waals surface area contributed by atoms with E-state index in [-0.39, 0.29) is 0 Å². The highest BCUT2D eigenvalue weighted by Gasteiger charge is 2.23. The normalized spacial score (nSPS) is 20.8. The third-order valence-electron chi connectivity index (χ3n) is 3.07. The lowest BCUT2D eigenvalue weighted by Crippen LogP contribution is -2.04. The molecule has 1 aliphatic rings. The fraction of sp³-hybridized carbons (Fsp3) is 0.538. The predicted molar refractivity (Wildman–Crippen MR) is 66.9 cm³/mol. The predicted octanol–water partition coefficient (Wildman–Crippen LogP) is 3.97. The van der Waals surface area contributed by atoms with Crippen molar-refractivity contribution >= 4 is 15.9 Å². The molecule has 1 aliphatic heterocycles. The van der Waals surface area contributed by atoms with Crippen molar-refractivity contribution < 1.29 is 4.74 Å². The van der Waals surface area contributed by atoms with Crippen LogP contribution < -0.4 is 4.74 Å². The number of benzene rings is 1. The summed E-state index contributed by atoms with van der Waals surface area (Å²) in [6, 6.07) is 8.42. The van der Waals surface area contributed by atoms with Gasteiger partial charge in [0.2, 0.25) is 0 Å². The van der Waals surface area contributed by atoms with Crippen molar-refractivity contribution in [1.29, 1.82) is 0 Å². The van der Waals surface area contributed by atoms with Crippen molar-refractivity contribution in [2.24, 2.45) is 5.92 Å². The maximum absolute atomic E-state index is 5.67. The van der Waals surface area contributed by atoms with Gasteiger partial charge in [-0.1, -0.05) is 41.1 Å². The Morgan fingerprint density at radius 2 is 2.27 bits per heavy atom. The molecule has 0 saturated heterocycles. The summed E-state index contributed by atoms with van der Waals surface area (Å²) in [5, 5.41) is 1.10. The Balaban J connectivity index is 1.96. The molecule has 0 fully saturated rings. The van der Waals surface area contributed by atoms with Crippen molar-refractivity contribution in [3.63, 3.8) is 0 Å². The molecule has 0 spiro atoms. The highest BCUT2D eigenvalue weighted by molar-refractivity contribution is 9.09. The van der Waals surface area contributed by atoms with E-state index in [1.165, 1.54) is 18.4 Å². The van der Waals surface area contributed by atoms with Crippen LogP contribution in [-0.2, 0) is 0 Å². The van der Waals surface area contributed by atoms with E-state index in [0.29, 0.717) is 5.92 Å². The van der Waals surface area contributed by atoms with Gasteiger partial charge in [-0.2, -0.15) is 0 Å². The van der Waals surface area contributed by atoms with Gasteiger partial charge < -0.3 is 4.74 Å². The fourth-order valence-electron chi connectivity index (χ4n) is 2.03. The highest BCUT2D eigenvalue weighted by Crippen LogP contribution is 2.36. The first-order valence-corrected chi connectivity index (χ1v) is 6.71. The molecular formula is C13H17BrO. The SMILES string of the molecule is CC(CBr)CCC1COc2ccccc21. The minimum Gasteiger partial charge on any atom is -0.493 e. The van der Waals surface area contributed by atoms with Crippen LogP contribution in [0.4, 0.5) is 0 Å². The van der Waals surface area contributed by atoms with Crippen LogP contribution >= 0.6 is 15.9 Å². The second kappa shape index (κ2) is 5.02. The van der Waals surface area contributed by atoms with Crippen LogP contribution in [0.3, 0.4) is 0 Å². The van der Waals surface area contributed by atoms with E-state index < -0.39 is 0 Å². The van der Waals surface area contributed by atoms with Crippen molar-refractivity contribution in [1.82, 2.24) is 0 Å². The molecule has 1 aromatic carbocycles. The van der Waals surface area contributed by atoms with Crippen molar-refractivity contribution in [2.75, 3.05) is 11.9 Å². The Kier molecular flexibility index (Phi) is 3.68. The number of halogens is 1. The van der Waals surface area contributed by atoms with E-state index in [2.05, 4.69) is 41.1 Å². The summed E-state index contributed by atoms with van der Waals surface area (Å²) in [6.45, 7) is 3.16. The van der Waals surface area contributed by atoms with Crippen molar-refractivity contribution in [3.05, 3.63) is 29.8 Å². The molecule has 2 heteroatoms. The molecule has 0 radical (unpaired) electrons. The number of hydrogen-bond acceptors (Lipinski definition) is 1. The summed E-state index contributed by atoms with van der Waals surface area (Å²) in [6.07, 6.45) is 2.51. The van der Waals surface area contributed by atoms with Crippen molar-refractivity contribution in [2.45, 2.75) is 25.7 Å². The van der Waals surface area contributed by atoms with Gasteiger partial charge in [0.25, 0.3) is 0 Å². The molecule has 82 valence electrons. The second-order valence-electron chi connectivity index (χ2n) is 4.38. The first-order chi connectivity index (χ1) is 7.31. The minimum atomic E-state index is 0.614. The molecule has 0 saturated carbocycles. The third-order valence-corrected chi connectivity index (χ3v) is 4.18. The molecule has 1 aromatic rings. The van der Waals surface area contributed by atoms with E-state index >= 15 is 0 Å². The maximum Gasteiger partial charge on any atom is 0.122 e. The summed E-state index contributed by atoms with van der Waals surface area (Å²) >= 11 is 3.52. The quantitative estimate of drug-likeness (QED) is 0.751. The first-order valence-electron chi connectivity index (χ1n) is 5.59. The van der Waals surface area contributed by atoms with Gasteiger partial charge in [0.15, 0.2) is 0 Å². The molecule has 15 heavy (non-hydrogen) atoms. The van der Waals surface area contributed by atoms with E-state index in [9.17, 15) is 0 Å². The molecular weight excluding hydrogens is 252 g/mol. The molecule has 1 nitrogen and oxygen atoms in total. The fourth-order valence-corrected chi connectivity index (χ4v) is 2.35. The monoisotopic (exact) mass is 268 g/mol. The smallest absolute Gasteiger partial charge is 0.122 e. The number of fused-ring (bicyclic) bond motifs is 1. The molecule has 0 bridgehead atoms. The Morgan fingerprint density at radius 3 is 3.07 bits per heavy atom. The molecule has 0 amide bonds. The average Bonchev–Trinajstić information content (AvgIpc) is 2.69. The van der Waals surface area contributed by atoms with Crippen LogP contribution in [0.2, 0.25) is 0 Å². The number of ether oxygens (including phenoxy) is 1. The lowest BCUT2D eigenvalue weighted by atomic mass is 9.93. The largest absolute Gasteiger partial charge is 0.493 e. The van der Waals surface area contributed by atoms with Gasteiger partial charge >= 0.3 is 0 Å². The zero-order valence-electron chi connectivity index (χ0n) is 9.08. The van der Waals surface area contributed by atoms with Crippen LogP contribution in [0.5, 0.6) is 5.75 Å². The molecule has 0 N–H and O–H groups in total. The molecule has 0 aliphatic carbocycles. The Bertz CT molecular complexity index is 324. The average molecular weight is 269 g/mol. The summed E-state index contributed by atoms with van der Waals surface area (Å²) in [5.74, 6) is 2.47. The van der Waals surface area contributed by atoms with E-state index in [4.69, 9.17) is 4.74 Å². The van der Waals surface area contributed by atoms with Gasteiger partial charge in [0.05, 0.1) is 6.61 Å². The second-order valence-corrected chi connectivity index (χ2v) is 5.03. The number of para-hydroxylation sites is 1. The maximum atomic E-state index is 5.67. The Morgan fingerprint density at radius 1 is 1.47 bits per heavy atom. The van der Waals surface area contributed by atoms with Gasteiger partial charge in [0.1, 0.15) is 5.75 Å². The first kappa shape index (κ1) is 11.0. The number of alkyl halides is 1. The summed E-state index contributed by atoms with van der Waals surface area (Å²) in [4.78, 5) is 0. The lowest BCUT2D eigenvalue weighted by Gasteiger charge is -2.11. The van der Waals surface area contributed by atoms with E-state index in [1.54, 1.807) is 0 Å². The number of rotatable bonds is 4. The Labute approximate surface area is 100.0 Å². The number of hydrogen-bond donors (Lipinski definition) is 0. The third kappa shape index (κ3) is 2.54. The van der Waals surface area contributed by atoms with Crippen molar-refractivity contribution in [3.8, 4) is 5.75 Å². The topological polar surface area (TPSA) is 9.23 Å².